The standard InChI is InChI=1S/C15H26O2/c1-6-8-11-17-13-14(12-16-7-2)9-10-15(3,4)5/h7-11,14H,2,6,12-13H2,1,3-5H3. The lowest BCUT2D eigenvalue weighted by Crippen LogP contribution is -2.12. The van der Waals surface area contributed by atoms with Crippen molar-refractivity contribution in [1.29, 1.82) is 0 Å². The van der Waals surface area contributed by atoms with Crippen molar-refractivity contribution < 1.29 is 9.47 Å². The summed E-state index contributed by atoms with van der Waals surface area (Å²) < 4.78 is 10.7. The summed E-state index contributed by atoms with van der Waals surface area (Å²) in [5.41, 5.74) is 0.186. The quantitative estimate of drug-likeness (QED) is 0.463. The summed E-state index contributed by atoms with van der Waals surface area (Å²) in [4.78, 5) is 0. The first-order chi connectivity index (χ1) is 7.99. The molecule has 1 atom stereocenters. The van der Waals surface area contributed by atoms with Crippen LogP contribution in [0, 0.1) is 11.3 Å². The predicted molar refractivity (Wildman–Crippen MR) is 73.6 cm³/mol. The molecule has 0 amide bonds. The molecule has 1 unspecified atom stereocenters. The van der Waals surface area contributed by atoms with Crippen molar-refractivity contribution in [2.45, 2.75) is 34.1 Å². The normalized spacial score (nSPS) is 14.1. The molecule has 0 rings (SSSR count). The van der Waals surface area contributed by atoms with Gasteiger partial charge in [0.1, 0.15) is 0 Å². The highest BCUT2D eigenvalue weighted by atomic mass is 16.5. The fourth-order valence-corrected chi connectivity index (χ4v) is 1.12. The summed E-state index contributed by atoms with van der Waals surface area (Å²) in [6.07, 6.45) is 10.6. The van der Waals surface area contributed by atoms with Crippen molar-refractivity contribution in [1.82, 2.24) is 0 Å². The van der Waals surface area contributed by atoms with Crippen LogP contribution in [0.15, 0.2) is 37.3 Å². The lowest BCUT2D eigenvalue weighted by molar-refractivity contribution is 0.146. The maximum Gasteiger partial charge on any atom is 0.0968 e. The molecule has 2 heteroatoms. The first-order valence-corrected chi connectivity index (χ1v) is 6.18. The van der Waals surface area contributed by atoms with E-state index in [4.69, 9.17) is 9.47 Å². The van der Waals surface area contributed by atoms with E-state index in [1.807, 2.05) is 6.08 Å². The second kappa shape index (κ2) is 8.91. The monoisotopic (exact) mass is 238 g/mol. The summed E-state index contributed by atoms with van der Waals surface area (Å²) in [7, 11) is 0. The van der Waals surface area contributed by atoms with E-state index in [1.165, 1.54) is 6.26 Å². The molecular formula is C15H26O2. The Labute approximate surface area is 106 Å². The fourth-order valence-electron chi connectivity index (χ4n) is 1.12. The Morgan fingerprint density at radius 3 is 2.35 bits per heavy atom. The van der Waals surface area contributed by atoms with Crippen LogP contribution in [0.25, 0.3) is 0 Å². The number of hydrogen-bond acceptors (Lipinski definition) is 2. The van der Waals surface area contributed by atoms with Crippen molar-refractivity contribution >= 4 is 0 Å². The number of rotatable bonds is 8. The van der Waals surface area contributed by atoms with Crippen molar-refractivity contribution in [3.8, 4) is 0 Å². The highest BCUT2D eigenvalue weighted by Crippen LogP contribution is 2.16. The van der Waals surface area contributed by atoms with Gasteiger partial charge in [-0.1, -0.05) is 52.5 Å². The van der Waals surface area contributed by atoms with E-state index in [1.54, 1.807) is 6.26 Å². The van der Waals surface area contributed by atoms with Crippen LogP contribution in [0.5, 0.6) is 0 Å². The number of ether oxygens (including phenoxy) is 2. The van der Waals surface area contributed by atoms with Gasteiger partial charge in [-0.2, -0.15) is 0 Å². The maximum atomic E-state index is 5.45. The fraction of sp³-hybridized carbons (Fsp3) is 0.600. The van der Waals surface area contributed by atoms with E-state index in [0.29, 0.717) is 13.2 Å². The maximum absolute atomic E-state index is 5.45. The molecule has 0 aliphatic heterocycles. The molecule has 0 aromatic rings. The number of allylic oxidation sites excluding steroid dienone is 2. The Balaban J connectivity index is 4.17. The molecule has 17 heavy (non-hydrogen) atoms. The van der Waals surface area contributed by atoms with Gasteiger partial charge in [-0.05, 0) is 11.8 Å². The Kier molecular flexibility index (Phi) is 8.29. The lowest BCUT2D eigenvalue weighted by Gasteiger charge is -2.16. The molecule has 2 nitrogen and oxygen atoms in total. The van der Waals surface area contributed by atoms with E-state index >= 15 is 0 Å². The first-order valence-electron chi connectivity index (χ1n) is 6.18. The van der Waals surface area contributed by atoms with E-state index in [-0.39, 0.29) is 11.3 Å². The molecule has 98 valence electrons. The Bertz CT molecular complexity index is 246. The summed E-state index contributed by atoms with van der Waals surface area (Å²) >= 11 is 0. The largest absolute Gasteiger partial charge is 0.501 e. The van der Waals surface area contributed by atoms with E-state index in [2.05, 4.69) is 46.4 Å². The van der Waals surface area contributed by atoms with E-state index in [9.17, 15) is 0 Å². The minimum atomic E-state index is 0.186. The molecule has 0 saturated heterocycles. The SMILES string of the molecule is C=COCC(C=CC(C)(C)C)COC=CCC. The molecule has 0 aromatic heterocycles. The van der Waals surface area contributed by atoms with Crippen LogP contribution in [0.2, 0.25) is 0 Å². The van der Waals surface area contributed by atoms with E-state index < -0.39 is 0 Å². The Hall–Kier alpha value is -1.18. The van der Waals surface area contributed by atoms with Gasteiger partial charge in [-0.25, -0.2) is 0 Å². The van der Waals surface area contributed by atoms with Crippen LogP contribution >= 0.6 is 0 Å². The zero-order chi connectivity index (χ0) is 13.1. The van der Waals surface area contributed by atoms with Gasteiger partial charge in [0.2, 0.25) is 0 Å². The van der Waals surface area contributed by atoms with Gasteiger partial charge in [0.15, 0.2) is 0 Å². The molecule has 0 N–H and O–H groups in total. The van der Waals surface area contributed by atoms with Gasteiger partial charge in [-0.15, -0.1) is 0 Å². The minimum absolute atomic E-state index is 0.186. The summed E-state index contributed by atoms with van der Waals surface area (Å²) in [5, 5.41) is 0. The zero-order valence-electron chi connectivity index (χ0n) is 11.6. The molecule has 0 radical (unpaired) electrons. The molecule has 0 spiro atoms. The second-order valence-electron chi connectivity index (χ2n) is 5.10. The summed E-state index contributed by atoms with van der Waals surface area (Å²) in [6.45, 7) is 13.4. The smallest absolute Gasteiger partial charge is 0.0968 e. The summed E-state index contributed by atoms with van der Waals surface area (Å²) in [6, 6.07) is 0. The van der Waals surface area contributed by atoms with E-state index in [0.717, 1.165) is 6.42 Å². The number of hydrogen-bond donors (Lipinski definition) is 0. The average molecular weight is 238 g/mol. The van der Waals surface area contributed by atoms with Crippen LogP contribution in [-0.2, 0) is 9.47 Å². The third-order valence-electron chi connectivity index (χ3n) is 2.03. The molecule has 0 aliphatic rings. The first kappa shape index (κ1) is 15.8. The van der Waals surface area contributed by atoms with Crippen LogP contribution in [0.1, 0.15) is 34.1 Å². The minimum Gasteiger partial charge on any atom is -0.501 e. The predicted octanol–water partition coefficient (Wildman–Crippen LogP) is 4.31. The average Bonchev–Trinajstić information content (AvgIpc) is 2.25. The highest BCUT2D eigenvalue weighted by Gasteiger charge is 2.09. The molecule has 0 aliphatic carbocycles. The van der Waals surface area contributed by atoms with Crippen molar-refractivity contribution in [2.75, 3.05) is 13.2 Å². The molecule has 0 fully saturated rings. The van der Waals surface area contributed by atoms with Crippen molar-refractivity contribution in [2.24, 2.45) is 11.3 Å². The van der Waals surface area contributed by atoms with Gasteiger partial charge < -0.3 is 9.47 Å². The lowest BCUT2D eigenvalue weighted by atomic mass is 9.94. The molecule has 0 heterocycles. The molecule has 0 saturated carbocycles. The van der Waals surface area contributed by atoms with Gasteiger partial charge >= 0.3 is 0 Å². The van der Waals surface area contributed by atoms with Crippen molar-refractivity contribution in [3.05, 3.63) is 37.3 Å². The van der Waals surface area contributed by atoms with Gasteiger partial charge in [0.25, 0.3) is 0 Å². The second-order valence-corrected chi connectivity index (χ2v) is 5.10. The van der Waals surface area contributed by atoms with Gasteiger partial charge in [0.05, 0.1) is 25.7 Å². The molecule has 0 bridgehead atoms. The highest BCUT2D eigenvalue weighted by molar-refractivity contribution is 4.96. The third kappa shape index (κ3) is 11.1. The van der Waals surface area contributed by atoms with Crippen LogP contribution in [0.4, 0.5) is 0 Å². The Morgan fingerprint density at radius 1 is 1.18 bits per heavy atom. The Morgan fingerprint density at radius 2 is 1.82 bits per heavy atom. The summed E-state index contributed by atoms with van der Waals surface area (Å²) in [5.74, 6) is 0.258. The van der Waals surface area contributed by atoms with Crippen LogP contribution in [-0.4, -0.2) is 13.2 Å². The molecular weight excluding hydrogens is 212 g/mol. The zero-order valence-corrected chi connectivity index (χ0v) is 11.6. The van der Waals surface area contributed by atoms with Crippen molar-refractivity contribution in [3.63, 3.8) is 0 Å². The topological polar surface area (TPSA) is 18.5 Å². The van der Waals surface area contributed by atoms with Crippen LogP contribution < -0.4 is 0 Å². The van der Waals surface area contributed by atoms with Gasteiger partial charge in [-0.3, -0.25) is 0 Å². The third-order valence-corrected chi connectivity index (χ3v) is 2.03. The van der Waals surface area contributed by atoms with Crippen LogP contribution in [0.3, 0.4) is 0 Å². The molecule has 0 aromatic carbocycles. The van der Waals surface area contributed by atoms with Gasteiger partial charge in [0, 0.05) is 5.92 Å².